The van der Waals surface area contributed by atoms with Crippen LogP contribution in [0, 0.1) is 0 Å². The lowest BCUT2D eigenvalue weighted by Gasteiger charge is -2.39. The molecule has 0 aromatic rings. The van der Waals surface area contributed by atoms with E-state index in [-0.39, 0.29) is 18.0 Å². The number of nitrogens with zero attached hydrogens (tertiary/aromatic N) is 2. The van der Waals surface area contributed by atoms with Crippen molar-refractivity contribution in [2.24, 2.45) is 5.73 Å². The molecule has 6 heteroatoms. The van der Waals surface area contributed by atoms with Gasteiger partial charge >= 0.3 is 6.09 Å². The van der Waals surface area contributed by atoms with E-state index in [1.54, 1.807) is 4.90 Å². The van der Waals surface area contributed by atoms with Gasteiger partial charge in [0.2, 0.25) is 5.91 Å². The van der Waals surface area contributed by atoms with Gasteiger partial charge in [-0.1, -0.05) is 12.2 Å². The zero-order chi connectivity index (χ0) is 16.3. The highest BCUT2D eigenvalue weighted by molar-refractivity contribution is 5.82. The van der Waals surface area contributed by atoms with Gasteiger partial charge in [-0.25, -0.2) is 4.79 Å². The third kappa shape index (κ3) is 4.22. The number of ether oxygens (including phenoxy) is 1. The molecule has 0 aliphatic carbocycles. The van der Waals surface area contributed by atoms with Crippen LogP contribution in [-0.2, 0) is 9.53 Å². The lowest BCUT2D eigenvalue weighted by Crippen LogP contribution is -2.55. The first-order chi connectivity index (χ1) is 10.3. The molecule has 0 unspecified atom stereocenters. The summed E-state index contributed by atoms with van der Waals surface area (Å²) in [5, 5.41) is 0. The average Bonchev–Trinajstić information content (AvgIpc) is 2.60. The number of nitrogens with two attached hydrogens (primary N) is 1. The monoisotopic (exact) mass is 309 g/mol. The van der Waals surface area contributed by atoms with E-state index in [9.17, 15) is 9.59 Å². The predicted molar refractivity (Wildman–Crippen MR) is 84.3 cm³/mol. The van der Waals surface area contributed by atoms with E-state index in [1.807, 2.05) is 37.8 Å². The fourth-order valence-corrected chi connectivity index (χ4v) is 2.87. The van der Waals surface area contributed by atoms with Gasteiger partial charge in [0, 0.05) is 25.7 Å². The van der Waals surface area contributed by atoms with Gasteiger partial charge in [0.15, 0.2) is 0 Å². The maximum Gasteiger partial charge on any atom is 0.410 e. The van der Waals surface area contributed by atoms with E-state index >= 15 is 0 Å². The average molecular weight is 309 g/mol. The summed E-state index contributed by atoms with van der Waals surface area (Å²) in [4.78, 5) is 28.1. The molecule has 1 fully saturated rings. The summed E-state index contributed by atoms with van der Waals surface area (Å²) in [5.41, 5.74) is 5.40. The molecule has 2 heterocycles. The largest absolute Gasteiger partial charge is 0.444 e. The van der Waals surface area contributed by atoms with Gasteiger partial charge in [-0.2, -0.15) is 0 Å². The Labute approximate surface area is 132 Å². The number of hydrogen-bond acceptors (Lipinski definition) is 4. The Balaban J connectivity index is 2.02. The van der Waals surface area contributed by atoms with Gasteiger partial charge in [0.25, 0.3) is 0 Å². The summed E-state index contributed by atoms with van der Waals surface area (Å²) in [7, 11) is 0. The Morgan fingerprint density at radius 1 is 1.36 bits per heavy atom. The van der Waals surface area contributed by atoms with Crippen molar-refractivity contribution in [2.45, 2.75) is 57.7 Å². The molecule has 0 bridgehead atoms. The van der Waals surface area contributed by atoms with Crippen molar-refractivity contribution >= 4 is 12.0 Å². The molecule has 0 spiro atoms. The molecule has 22 heavy (non-hydrogen) atoms. The van der Waals surface area contributed by atoms with E-state index in [0.717, 1.165) is 12.8 Å². The van der Waals surface area contributed by atoms with Gasteiger partial charge in [-0.05, 0) is 40.0 Å². The van der Waals surface area contributed by atoms with Gasteiger partial charge in [0.05, 0.1) is 6.04 Å². The number of piperidine rings is 1. The van der Waals surface area contributed by atoms with Gasteiger partial charge in [-0.3, -0.25) is 4.79 Å². The molecule has 2 aliphatic rings. The van der Waals surface area contributed by atoms with Crippen LogP contribution in [0.1, 0.15) is 40.0 Å². The van der Waals surface area contributed by atoms with Gasteiger partial charge < -0.3 is 20.3 Å². The summed E-state index contributed by atoms with van der Waals surface area (Å²) in [6.45, 7) is 7.33. The molecule has 2 aliphatic heterocycles. The summed E-state index contributed by atoms with van der Waals surface area (Å²) in [6.07, 6.45) is 5.98. The molecule has 1 saturated heterocycles. The van der Waals surface area contributed by atoms with Crippen molar-refractivity contribution in [1.29, 1.82) is 0 Å². The Hall–Kier alpha value is -1.56. The highest BCUT2D eigenvalue weighted by Crippen LogP contribution is 2.20. The number of amides is 2. The SMILES string of the molecule is CC(C)(C)OC(=O)N1CCC[C@@H](N2CC=CC[C@@H](N)C2=O)C1. The van der Waals surface area contributed by atoms with Crippen LogP contribution in [0.25, 0.3) is 0 Å². The minimum absolute atomic E-state index is 0.0163. The lowest BCUT2D eigenvalue weighted by atomic mass is 10.0. The van der Waals surface area contributed by atoms with E-state index in [2.05, 4.69) is 0 Å². The van der Waals surface area contributed by atoms with E-state index in [4.69, 9.17) is 10.5 Å². The first kappa shape index (κ1) is 16.8. The highest BCUT2D eigenvalue weighted by atomic mass is 16.6. The fourth-order valence-electron chi connectivity index (χ4n) is 2.87. The van der Waals surface area contributed by atoms with Crippen LogP contribution in [0.3, 0.4) is 0 Å². The second-order valence-electron chi connectivity index (χ2n) is 7.03. The fraction of sp³-hybridized carbons (Fsp3) is 0.750. The van der Waals surface area contributed by atoms with Crippen LogP contribution in [0.2, 0.25) is 0 Å². The Morgan fingerprint density at radius 3 is 2.77 bits per heavy atom. The molecule has 0 radical (unpaired) electrons. The van der Waals surface area contributed by atoms with Crippen LogP contribution in [-0.4, -0.2) is 59.1 Å². The maximum absolute atomic E-state index is 12.4. The zero-order valence-corrected chi connectivity index (χ0v) is 13.7. The molecule has 124 valence electrons. The second-order valence-corrected chi connectivity index (χ2v) is 7.03. The quantitative estimate of drug-likeness (QED) is 0.745. The number of carbonyl (C=O) groups excluding carboxylic acids is 2. The highest BCUT2D eigenvalue weighted by Gasteiger charge is 2.34. The van der Waals surface area contributed by atoms with Crippen LogP contribution >= 0.6 is 0 Å². The first-order valence-corrected chi connectivity index (χ1v) is 7.97. The molecule has 6 nitrogen and oxygen atoms in total. The molecule has 2 N–H and O–H groups in total. The van der Waals surface area contributed by atoms with Crippen LogP contribution in [0.15, 0.2) is 12.2 Å². The normalized spacial score (nSPS) is 26.8. The number of likely N-dealkylation sites (tertiary alicyclic amines) is 1. The summed E-state index contributed by atoms with van der Waals surface area (Å²) in [6, 6.07) is -0.460. The zero-order valence-electron chi connectivity index (χ0n) is 13.7. The van der Waals surface area contributed by atoms with Crippen molar-refractivity contribution in [2.75, 3.05) is 19.6 Å². The van der Waals surface area contributed by atoms with Crippen molar-refractivity contribution in [3.05, 3.63) is 12.2 Å². The summed E-state index contributed by atoms with van der Waals surface area (Å²) < 4.78 is 5.43. The predicted octanol–water partition coefficient (Wildman–Crippen LogP) is 1.50. The van der Waals surface area contributed by atoms with Crippen LogP contribution < -0.4 is 5.73 Å². The topological polar surface area (TPSA) is 75.9 Å². The van der Waals surface area contributed by atoms with E-state index < -0.39 is 11.6 Å². The molecule has 2 amide bonds. The van der Waals surface area contributed by atoms with Gasteiger partial charge in [-0.15, -0.1) is 0 Å². The Kier molecular flexibility index (Phi) is 5.11. The molecular weight excluding hydrogens is 282 g/mol. The number of hydrogen-bond donors (Lipinski definition) is 1. The van der Waals surface area contributed by atoms with Crippen LogP contribution in [0.4, 0.5) is 4.79 Å². The van der Waals surface area contributed by atoms with Crippen molar-refractivity contribution in [1.82, 2.24) is 9.80 Å². The Bertz CT molecular complexity index is 456. The first-order valence-electron chi connectivity index (χ1n) is 7.97. The summed E-state index contributed by atoms with van der Waals surface area (Å²) >= 11 is 0. The third-order valence-electron chi connectivity index (χ3n) is 3.95. The summed E-state index contributed by atoms with van der Waals surface area (Å²) in [5.74, 6) is -0.0268. The second kappa shape index (κ2) is 6.69. The van der Waals surface area contributed by atoms with Crippen molar-refractivity contribution in [3.63, 3.8) is 0 Å². The van der Waals surface area contributed by atoms with Crippen molar-refractivity contribution < 1.29 is 14.3 Å². The lowest BCUT2D eigenvalue weighted by molar-refractivity contribution is -0.135. The molecule has 0 aromatic carbocycles. The smallest absolute Gasteiger partial charge is 0.410 e. The molecule has 0 saturated carbocycles. The molecular formula is C16H27N3O3. The minimum Gasteiger partial charge on any atom is -0.444 e. The molecule has 0 aromatic heterocycles. The molecule has 2 rings (SSSR count). The number of rotatable bonds is 1. The minimum atomic E-state index is -0.506. The standard InChI is InChI=1S/C16H27N3O3/c1-16(2,3)22-15(21)18-9-6-7-12(11-18)19-10-5-4-8-13(17)14(19)20/h4-5,12-13H,6-11,17H2,1-3H3/t12-,13-/m1/s1. The molecule has 2 atom stereocenters. The van der Waals surface area contributed by atoms with Gasteiger partial charge in [0.1, 0.15) is 5.60 Å². The third-order valence-corrected chi connectivity index (χ3v) is 3.95. The maximum atomic E-state index is 12.4. The van der Waals surface area contributed by atoms with E-state index in [0.29, 0.717) is 26.1 Å². The van der Waals surface area contributed by atoms with Crippen LogP contribution in [0.5, 0.6) is 0 Å². The Morgan fingerprint density at radius 2 is 2.09 bits per heavy atom. The number of carbonyl (C=O) groups is 2. The van der Waals surface area contributed by atoms with E-state index in [1.165, 1.54) is 0 Å². The van der Waals surface area contributed by atoms with Crippen molar-refractivity contribution in [3.8, 4) is 0 Å².